The van der Waals surface area contributed by atoms with Crippen molar-refractivity contribution in [1.29, 1.82) is 0 Å². The fraction of sp³-hybridized carbons (Fsp3) is 0.273. The molecule has 0 radical (unpaired) electrons. The van der Waals surface area contributed by atoms with E-state index in [4.69, 9.17) is 14.4 Å². The zero-order valence-electron chi connectivity index (χ0n) is 25.6. The van der Waals surface area contributed by atoms with E-state index < -0.39 is 41.5 Å². The molecule has 2 saturated heterocycles. The van der Waals surface area contributed by atoms with Crippen LogP contribution >= 0.6 is 0 Å². The monoisotopic (exact) mass is 626 g/mol. The molecule has 13 heteroatoms. The van der Waals surface area contributed by atoms with E-state index in [1.165, 1.54) is 18.2 Å². The highest BCUT2D eigenvalue weighted by Crippen LogP contribution is 2.50. The molecule has 0 unspecified atom stereocenters. The van der Waals surface area contributed by atoms with Crippen molar-refractivity contribution in [2.24, 2.45) is 0 Å². The first-order valence-electron chi connectivity index (χ1n) is 14.5. The van der Waals surface area contributed by atoms with Crippen molar-refractivity contribution in [3.63, 3.8) is 0 Å². The second-order valence-corrected chi connectivity index (χ2v) is 11.5. The number of nitrogens with zero attached hydrogens (tertiary/aromatic N) is 4. The lowest BCUT2D eigenvalue weighted by atomic mass is 9.79. The summed E-state index contributed by atoms with van der Waals surface area (Å²) >= 11 is 0. The smallest absolute Gasteiger partial charge is 0.364 e. The normalized spacial score (nSPS) is 15.8. The molecule has 3 aromatic rings. The van der Waals surface area contributed by atoms with Gasteiger partial charge in [-0.25, -0.2) is 9.59 Å². The first kappa shape index (κ1) is 30.3. The molecular formula is C33H30N4O9. The lowest BCUT2D eigenvalue weighted by molar-refractivity contribution is -0.173. The van der Waals surface area contributed by atoms with E-state index in [1.807, 2.05) is 74.4 Å². The van der Waals surface area contributed by atoms with Crippen LogP contribution in [0.4, 0.5) is 11.4 Å². The largest absolute Gasteiger partial charge is 0.457 e. The van der Waals surface area contributed by atoms with Crippen LogP contribution in [0.2, 0.25) is 0 Å². The summed E-state index contributed by atoms with van der Waals surface area (Å²) in [6.45, 7) is 0. The van der Waals surface area contributed by atoms with Gasteiger partial charge in [-0.05, 0) is 35.9 Å². The van der Waals surface area contributed by atoms with Crippen molar-refractivity contribution in [3.8, 4) is 11.5 Å². The molecule has 0 bridgehead atoms. The molecule has 3 aliphatic rings. The number of hydrogen-bond donors (Lipinski definition) is 0. The maximum absolute atomic E-state index is 13.7. The Hall–Kier alpha value is -5.72. The van der Waals surface area contributed by atoms with Gasteiger partial charge in [-0.15, -0.1) is 10.1 Å². The van der Waals surface area contributed by atoms with Gasteiger partial charge in [0.2, 0.25) is 0 Å². The number of imide groups is 2. The van der Waals surface area contributed by atoms with Crippen LogP contribution in [-0.2, 0) is 28.9 Å². The van der Waals surface area contributed by atoms with Crippen molar-refractivity contribution in [1.82, 2.24) is 10.1 Å². The molecule has 0 aliphatic carbocycles. The molecule has 0 spiro atoms. The first-order chi connectivity index (χ1) is 21.9. The van der Waals surface area contributed by atoms with Gasteiger partial charge in [-0.2, -0.15) is 0 Å². The van der Waals surface area contributed by atoms with Gasteiger partial charge in [0.1, 0.15) is 11.5 Å². The van der Waals surface area contributed by atoms with E-state index in [9.17, 15) is 28.8 Å². The molecule has 13 nitrogen and oxygen atoms in total. The van der Waals surface area contributed by atoms with Crippen LogP contribution in [0.3, 0.4) is 0 Å². The second kappa shape index (κ2) is 11.7. The lowest BCUT2D eigenvalue weighted by Crippen LogP contribution is -2.33. The predicted octanol–water partition coefficient (Wildman–Crippen LogP) is 3.55. The molecule has 0 N–H and O–H groups in total. The minimum absolute atomic E-state index is 0.0328. The number of hydroxylamine groups is 4. The fourth-order valence-electron chi connectivity index (χ4n) is 5.58. The number of amides is 4. The molecule has 3 aliphatic heterocycles. The van der Waals surface area contributed by atoms with Gasteiger partial charge in [0.05, 0.1) is 11.1 Å². The standard InChI is InChI=1S/C33H30N4O9/c1-34(2)19-6-9-22-25(16-19)44-26-17-20(35(3)4)7-10-23(26)31(22)24-15-18(32(42)45-36-27(38)11-12-28(36)39)5-8-21(24)33(43)46-37-29(40)13-14-30(37)41/h5-10,15-17,31H,11-14H2,1-4H3. The topological polar surface area (TPSA) is 143 Å². The van der Waals surface area contributed by atoms with E-state index >= 15 is 0 Å². The SMILES string of the molecule is CN(C)c1ccc2c(c1)Oc1cc(N(C)C)ccc1C2c1cc(C(=O)ON2C(=O)CCC2=O)ccc1C(=O)ON1C(=O)CCC1=O. The van der Waals surface area contributed by atoms with Crippen LogP contribution in [0, 0.1) is 0 Å². The average Bonchev–Trinajstić information content (AvgIpc) is 3.52. The Morgan fingerprint density at radius 2 is 1.09 bits per heavy atom. The van der Waals surface area contributed by atoms with Crippen LogP contribution in [0.15, 0.2) is 54.6 Å². The van der Waals surface area contributed by atoms with Crippen molar-refractivity contribution in [2.75, 3.05) is 38.0 Å². The van der Waals surface area contributed by atoms with Gasteiger partial charge in [0.15, 0.2) is 0 Å². The number of carbonyl (C=O) groups excluding carboxylic acids is 6. The Morgan fingerprint density at radius 3 is 1.54 bits per heavy atom. The fourth-order valence-corrected chi connectivity index (χ4v) is 5.58. The van der Waals surface area contributed by atoms with Gasteiger partial charge in [-0.3, -0.25) is 19.2 Å². The summed E-state index contributed by atoms with van der Waals surface area (Å²) in [5.41, 5.74) is 3.22. The third-order valence-electron chi connectivity index (χ3n) is 8.05. The Kier molecular flexibility index (Phi) is 7.68. The molecular weight excluding hydrogens is 596 g/mol. The van der Waals surface area contributed by atoms with Gasteiger partial charge in [0.25, 0.3) is 23.6 Å². The summed E-state index contributed by atoms with van der Waals surface area (Å²) in [5.74, 6) is -4.25. The molecule has 0 atom stereocenters. The van der Waals surface area contributed by atoms with Gasteiger partial charge >= 0.3 is 11.9 Å². The van der Waals surface area contributed by atoms with Crippen molar-refractivity contribution >= 4 is 46.9 Å². The minimum atomic E-state index is -0.993. The summed E-state index contributed by atoms with van der Waals surface area (Å²) in [6, 6.07) is 15.2. The summed E-state index contributed by atoms with van der Waals surface area (Å²) in [5, 5.41) is 0.900. The quantitative estimate of drug-likeness (QED) is 0.278. The number of benzene rings is 3. The van der Waals surface area contributed by atoms with E-state index in [0.717, 1.165) is 11.4 Å². The Labute approximate surface area is 263 Å². The number of rotatable bonds is 7. The third-order valence-corrected chi connectivity index (χ3v) is 8.05. The van der Waals surface area contributed by atoms with Gasteiger partial charge in [-0.1, -0.05) is 12.1 Å². The highest BCUT2D eigenvalue weighted by atomic mass is 16.7. The second-order valence-electron chi connectivity index (χ2n) is 11.5. The van der Waals surface area contributed by atoms with E-state index in [1.54, 1.807) is 0 Å². The van der Waals surface area contributed by atoms with Crippen LogP contribution in [0.1, 0.15) is 69.0 Å². The van der Waals surface area contributed by atoms with Gasteiger partial charge in [0, 0.05) is 94.4 Å². The third kappa shape index (κ3) is 5.40. The van der Waals surface area contributed by atoms with E-state index in [-0.39, 0.29) is 42.4 Å². The molecule has 0 aromatic heterocycles. The molecule has 2 fully saturated rings. The average molecular weight is 627 g/mol. The minimum Gasteiger partial charge on any atom is -0.457 e. The number of carbonyl (C=O) groups is 6. The summed E-state index contributed by atoms with van der Waals surface area (Å²) < 4.78 is 6.40. The van der Waals surface area contributed by atoms with Crippen LogP contribution in [0.25, 0.3) is 0 Å². The zero-order chi connectivity index (χ0) is 32.9. The van der Waals surface area contributed by atoms with Crippen molar-refractivity contribution < 1.29 is 43.2 Å². The van der Waals surface area contributed by atoms with Crippen molar-refractivity contribution in [2.45, 2.75) is 31.6 Å². The number of ether oxygens (including phenoxy) is 1. The summed E-state index contributed by atoms with van der Waals surface area (Å²) in [7, 11) is 7.56. The highest BCUT2D eigenvalue weighted by Gasteiger charge is 2.38. The molecule has 3 aromatic carbocycles. The zero-order valence-corrected chi connectivity index (χ0v) is 25.6. The van der Waals surface area contributed by atoms with Crippen LogP contribution in [-0.4, -0.2) is 73.9 Å². The molecule has 0 saturated carbocycles. The number of anilines is 2. The van der Waals surface area contributed by atoms with Crippen LogP contribution < -0.4 is 14.5 Å². The van der Waals surface area contributed by atoms with Gasteiger partial charge < -0.3 is 24.2 Å². The van der Waals surface area contributed by atoms with Crippen molar-refractivity contribution in [3.05, 3.63) is 82.4 Å². The number of fused-ring (bicyclic) bond motifs is 2. The Bertz CT molecular complexity index is 1740. The lowest BCUT2D eigenvalue weighted by Gasteiger charge is -2.31. The molecule has 46 heavy (non-hydrogen) atoms. The summed E-state index contributed by atoms with van der Waals surface area (Å²) in [6.07, 6.45) is -0.313. The number of hydrogen-bond acceptors (Lipinski definition) is 11. The highest BCUT2D eigenvalue weighted by molar-refractivity contribution is 6.04. The Morgan fingerprint density at radius 1 is 0.630 bits per heavy atom. The summed E-state index contributed by atoms with van der Waals surface area (Å²) in [4.78, 5) is 90.1. The Balaban J connectivity index is 1.51. The van der Waals surface area contributed by atoms with E-state index in [0.29, 0.717) is 32.8 Å². The predicted molar refractivity (Wildman–Crippen MR) is 162 cm³/mol. The maximum Gasteiger partial charge on any atom is 0.364 e. The maximum atomic E-state index is 13.7. The van der Waals surface area contributed by atoms with Crippen LogP contribution in [0.5, 0.6) is 11.5 Å². The molecule has 236 valence electrons. The first-order valence-corrected chi connectivity index (χ1v) is 14.5. The molecule has 4 amide bonds. The molecule has 3 heterocycles. The van der Waals surface area contributed by atoms with E-state index in [2.05, 4.69) is 0 Å². The molecule has 6 rings (SSSR count).